The summed E-state index contributed by atoms with van der Waals surface area (Å²) in [5, 5.41) is 13.3. The lowest BCUT2D eigenvalue weighted by Crippen LogP contribution is -2.58. The number of benzene rings is 1. The number of nitrogens with zero attached hydrogens (tertiary/aromatic N) is 1. The molecule has 2 amide bonds. The first-order chi connectivity index (χ1) is 12.3. The Morgan fingerprint density at radius 3 is 2.54 bits per heavy atom. The van der Waals surface area contributed by atoms with Crippen molar-refractivity contribution in [1.82, 2.24) is 10.2 Å². The predicted molar refractivity (Wildman–Crippen MR) is 92.0 cm³/mol. The molecule has 0 radical (unpaired) electrons. The fraction of sp³-hybridized carbons (Fsp3) is 0.556. The normalized spacial score (nSPS) is 18.0. The summed E-state index contributed by atoms with van der Waals surface area (Å²) in [6, 6.07) is 1.74. The van der Waals surface area contributed by atoms with Gasteiger partial charge in [0.05, 0.1) is 18.1 Å². The van der Waals surface area contributed by atoms with Crippen LogP contribution in [0.4, 0.5) is 8.78 Å². The van der Waals surface area contributed by atoms with Gasteiger partial charge in [0, 0.05) is 25.2 Å². The Labute approximate surface area is 151 Å². The summed E-state index contributed by atoms with van der Waals surface area (Å²) < 4.78 is 26.9. The number of aliphatic hydroxyl groups is 1. The van der Waals surface area contributed by atoms with Gasteiger partial charge in [0.25, 0.3) is 0 Å². The molecule has 26 heavy (non-hydrogen) atoms. The number of hydrogen-bond acceptors (Lipinski definition) is 4. The van der Waals surface area contributed by atoms with Gasteiger partial charge >= 0.3 is 0 Å². The molecule has 0 saturated carbocycles. The van der Waals surface area contributed by atoms with E-state index in [9.17, 15) is 23.5 Å². The summed E-state index contributed by atoms with van der Waals surface area (Å²) in [4.78, 5) is 24.4. The molecule has 8 heteroatoms. The van der Waals surface area contributed by atoms with Gasteiger partial charge in [-0.25, -0.2) is 8.78 Å². The molecule has 1 aliphatic rings. The maximum atomic E-state index is 13.4. The van der Waals surface area contributed by atoms with E-state index in [-0.39, 0.29) is 18.2 Å². The Hall–Kier alpha value is -2.06. The number of likely N-dealkylation sites (tertiary alicyclic amines) is 1. The van der Waals surface area contributed by atoms with E-state index in [1.54, 1.807) is 0 Å². The molecule has 1 aromatic carbocycles. The second kappa shape index (κ2) is 9.05. The standard InChI is InChI=1S/C18H25F2N3O3/c1-2-3-15(21)17(25)16(6-11-4-13(19)7-14(20)5-11)22-18(26)12-8-23(9-12)10-24/h4-5,7,10,12,15-17,25H,2-3,6,8-9,21H2,1H3,(H,22,26). The lowest BCUT2D eigenvalue weighted by atomic mass is 9.92. The Morgan fingerprint density at radius 2 is 2.00 bits per heavy atom. The van der Waals surface area contributed by atoms with Crippen molar-refractivity contribution in [1.29, 1.82) is 0 Å². The smallest absolute Gasteiger partial charge is 0.227 e. The summed E-state index contributed by atoms with van der Waals surface area (Å²) in [5.41, 5.74) is 6.30. The Morgan fingerprint density at radius 1 is 1.38 bits per heavy atom. The fourth-order valence-electron chi connectivity index (χ4n) is 3.11. The van der Waals surface area contributed by atoms with Crippen molar-refractivity contribution in [3.63, 3.8) is 0 Å². The zero-order chi connectivity index (χ0) is 19.3. The number of rotatable bonds is 9. The molecule has 1 aliphatic heterocycles. The van der Waals surface area contributed by atoms with E-state index in [0.29, 0.717) is 31.5 Å². The molecule has 0 aromatic heterocycles. The van der Waals surface area contributed by atoms with Crippen molar-refractivity contribution in [2.45, 2.75) is 44.4 Å². The van der Waals surface area contributed by atoms with Crippen LogP contribution in [0.25, 0.3) is 0 Å². The van der Waals surface area contributed by atoms with Crippen molar-refractivity contribution < 1.29 is 23.5 Å². The van der Waals surface area contributed by atoms with E-state index in [2.05, 4.69) is 5.32 Å². The quantitative estimate of drug-likeness (QED) is 0.555. The van der Waals surface area contributed by atoms with E-state index >= 15 is 0 Å². The molecular formula is C18H25F2N3O3. The second-order valence-corrected chi connectivity index (χ2v) is 6.80. The molecule has 1 aromatic rings. The largest absolute Gasteiger partial charge is 0.389 e. The molecule has 3 unspecified atom stereocenters. The van der Waals surface area contributed by atoms with Crippen molar-refractivity contribution in [2.75, 3.05) is 13.1 Å². The molecule has 0 spiro atoms. The van der Waals surface area contributed by atoms with E-state index in [1.165, 1.54) is 4.90 Å². The number of halogens is 2. The van der Waals surface area contributed by atoms with Crippen molar-refractivity contribution in [3.05, 3.63) is 35.4 Å². The highest BCUT2D eigenvalue weighted by atomic mass is 19.1. The minimum absolute atomic E-state index is 0.0448. The molecule has 1 fully saturated rings. The molecule has 1 heterocycles. The number of nitrogens with one attached hydrogen (secondary N) is 1. The van der Waals surface area contributed by atoms with Crippen molar-refractivity contribution >= 4 is 12.3 Å². The van der Waals surface area contributed by atoms with Crippen LogP contribution in [0.2, 0.25) is 0 Å². The molecular weight excluding hydrogens is 344 g/mol. The van der Waals surface area contributed by atoms with Gasteiger partial charge in [0.1, 0.15) is 11.6 Å². The molecule has 4 N–H and O–H groups in total. The van der Waals surface area contributed by atoms with Crippen LogP contribution in [0.15, 0.2) is 18.2 Å². The van der Waals surface area contributed by atoms with Crippen LogP contribution in [0, 0.1) is 17.6 Å². The number of carbonyl (C=O) groups excluding carboxylic acids is 2. The minimum Gasteiger partial charge on any atom is -0.389 e. The number of carbonyl (C=O) groups is 2. The summed E-state index contributed by atoms with van der Waals surface area (Å²) in [7, 11) is 0. The van der Waals surface area contributed by atoms with Gasteiger partial charge in [0.2, 0.25) is 12.3 Å². The van der Waals surface area contributed by atoms with Crippen LogP contribution >= 0.6 is 0 Å². The lowest BCUT2D eigenvalue weighted by molar-refractivity contribution is -0.136. The van der Waals surface area contributed by atoms with E-state index in [4.69, 9.17) is 5.73 Å². The van der Waals surface area contributed by atoms with E-state index in [0.717, 1.165) is 24.6 Å². The van der Waals surface area contributed by atoms with Crippen LogP contribution < -0.4 is 11.1 Å². The minimum atomic E-state index is -1.06. The fourth-order valence-corrected chi connectivity index (χ4v) is 3.11. The van der Waals surface area contributed by atoms with Gasteiger partial charge in [-0.15, -0.1) is 0 Å². The van der Waals surface area contributed by atoms with Crippen LogP contribution in [0.3, 0.4) is 0 Å². The first kappa shape index (κ1) is 20.3. The van der Waals surface area contributed by atoms with Crippen LogP contribution in [-0.4, -0.2) is 53.6 Å². The lowest BCUT2D eigenvalue weighted by Gasteiger charge is -2.37. The summed E-state index contributed by atoms with van der Waals surface area (Å²) in [6.07, 6.45) is 0.955. The summed E-state index contributed by atoms with van der Waals surface area (Å²) in [6.45, 7) is 2.55. The topological polar surface area (TPSA) is 95.7 Å². The SMILES string of the molecule is CCCC(N)C(O)C(Cc1cc(F)cc(F)c1)NC(=O)C1CN(C=O)C1. The molecule has 0 bridgehead atoms. The first-order valence-corrected chi connectivity index (χ1v) is 8.72. The molecule has 0 aliphatic carbocycles. The highest BCUT2D eigenvalue weighted by Crippen LogP contribution is 2.17. The zero-order valence-corrected chi connectivity index (χ0v) is 14.7. The maximum absolute atomic E-state index is 13.4. The highest BCUT2D eigenvalue weighted by molar-refractivity contribution is 5.81. The van der Waals surface area contributed by atoms with Gasteiger partial charge in [-0.05, 0) is 30.5 Å². The molecule has 2 rings (SSSR count). The monoisotopic (exact) mass is 369 g/mol. The Kier molecular flexibility index (Phi) is 7.05. The Balaban J connectivity index is 2.10. The highest BCUT2D eigenvalue weighted by Gasteiger charge is 2.35. The third-order valence-electron chi connectivity index (χ3n) is 4.61. The molecule has 144 valence electrons. The number of amides is 2. The first-order valence-electron chi connectivity index (χ1n) is 8.72. The van der Waals surface area contributed by atoms with Crippen LogP contribution in [0.5, 0.6) is 0 Å². The zero-order valence-electron chi connectivity index (χ0n) is 14.7. The van der Waals surface area contributed by atoms with E-state index in [1.807, 2.05) is 6.92 Å². The number of hydrogen-bond donors (Lipinski definition) is 3. The third kappa shape index (κ3) is 5.22. The third-order valence-corrected chi connectivity index (χ3v) is 4.61. The van der Waals surface area contributed by atoms with Crippen LogP contribution in [0.1, 0.15) is 25.3 Å². The second-order valence-electron chi connectivity index (χ2n) is 6.80. The number of nitrogens with two attached hydrogens (primary N) is 1. The van der Waals surface area contributed by atoms with Gasteiger partial charge in [-0.3, -0.25) is 9.59 Å². The maximum Gasteiger partial charge on any atom is 0.227 e. The molecule has 3 atom stereocenters. The van der Waals surface area contributed by atoms with Crippen molar-refractivity contribution in [3.8, 4) is 0 Å². The van der Waals surface area contributed by atoms with Gasteiger partial charge in [0.15, 0.2) is 0 Å². The van der Waals surface area contributed by atoms with E-state index < -0.39 is 29.8 Å². The molecule has 6 nitrogen and oxygen atoms in total. The Bertz CT molecular complexity index is 618. The van der Waals surface area contributed by atoms with Crippen LogP contribution in [-0.2, 0) is 16.0 Å². The van der Waals surface area contributed by atoms with Crippen molar-refractivity contribution in [2.24, 2.45) is 11.7 Å². The summed E-state index contributed by atoms with van der Waals surface area (Å²) >= 11 is 0. The average molecular weight is 369 g/mol. The average Bonchev–Trinajstić information content (AvgIpc) is 2.51. The van der Waals surface area contributed by atoms with Gasteiger partial charge in [-0.2, -0.15) is 0 Å². The van der Waals surface area contributed by atoms with Gasteiger partial charge in [-0.1, -0.05) is 13.3 Å². The van der Waals surface area contributed by atoms with Gasteiger partial charge < -0.3 is 21.1 Å². The predicted octanol–water partition coefficient (Wildman–Crippen LogP) is 0.569. The number of aliphatic hydroxyl groups excluding tert-OH is 1. The molecule has 1 saturated heterocycles. The summed E-state index contributed by atoms with van der Waals surface area (Å²) in [5.74, 6) is -2.12.